The molecule has 5 heteroatoms. The maximum Gasteiger partial charge on any atom is 0.175 e. The van der Waals surface area contributed by atoms with Gasteiger partial charge >= 0.3 is 0 Å². The molecule has 0 amide bonds. The molecule has 0 aliphatic heterocycles. The Hall–Kier alpha value is -0.390. The summed E-state index contributed by atoms with van der Waals surface area (Å²) in [5.41, 5.74) is -0.124. The molecule has 1 N–H and O–H groups in total. The van der Waals surface area contributed by atoms with Crippen molar-refractivity contribution in [3.63, 3.8) is 0 Å². The van der Waals surface area contributed by atoms with E-state index in [1.54, 1.807) is 18.2 Å². The van der Waals surface area contributed by atoms with Crippen LogP contribution in [0.4, 0.5) is 0 Å². The van der Waals surface area contributed by atoms with Gasteiger partial charge in [0.1, 0.15) is 0 Å². The minimum atomic E-state index is -3.22. The average Bonchev–Trinajstić information content (AvgIpc) is 2.82. The van der Waals surface area contributed by atoms with Crippen molar-refractivity contribution in [2.45, 2.75) is 23.3 Å². The van der Waals surface area contributed by atoms with E-state index >= 15 is 0 Å². The number of rotatable bonds is 2. The highest BCUT2D eigenvalue weighted by atomic mass is 79.9. The lowest BCUT2D eigenvalue weighted by Crippen LogP contribution is -2.06. The van der Waals surface area contributed by atoms with Crippen LogP contribution < -0.4 is 0 Å². The highest BCUT2D eigenvalue weighted by Crippen LogP contribution is 2.46. The van der Waals surface area contributed by atoms with E-state index in [1.165, 1.54) is 0 Å². The summed E-state index contributed by atoms with van der Waals surface area (Å²) in [5.74, 6) is 0. The molecule has 82 valence electrons. The molecule has 1 fully saturated rings. The third-order valence-electron chi connectivity index (χ3n) is 2.56. The van der Waals surface area contributed by atoms with E-state index in [-0.39, 0.29) is 4.90 Å². The molecule has 0 unspecified atom stereocenters. The Labute approximate surface area is 97.2 Å². The fourth-order valence-corrected chi connectivity index (χ4v) is 2.78. The Morgan fingerprint density at radius 1 is 1.33 bits per heavy atom. The second kappa shape index (κ2) is 3.30. The van der Waals surface area contributed by atoms with E-state index in [0.717, 1.165) is 6.26 Å². The van der Waals surface area contributed by atoms with Crippen molar-refractivity contribution in [1.82, 2.24) is 0 Å². The normalized spacial score (nSPS) is 18.9. The minimum absolute atomic E-state index is 0.243. The van der Waals surface area contributed by atoms with Gasteiger partial charge in [0.05, 0.1) is 10.5 Å². The van der Waals surface area contributed by atoms with Crippen LogP contribution in [0.15, 0.2) is 27.6 Å². The molecule has 1 aromatic carbocycles. The number of halogens is 1. The van der Waals surface area contributed by atoms with Gasteiger partial charge in [-0.15, -0.1) is 0 Å². The third-order valence-corrected chi connectivity index (χ3v) is 4.11. The van der Waals surface area contributed by atoms with Crippen molar-refractivity contribution in [2.24, 2.45) is 0 Å². The smallest absolute Gasteiger partial charge is 0.175 e. The lowest BCUT2D eigenvalue weighted by molar-refractivity contribution is 0.151. The van der Waals surface area contributed by atoms with Gasteiger partial charge in [-0.05, 0) is 36.6 Å². The second-order valence-corrected chi connectivity index (χ2v) is 6.91. The summed E-state index contributed by atoms with van der Waals surface area (Å²) in [4.78, 5) is 0.243. The van der Waals surface area contributed by atoms with Crippen molar-refractivity contribution >= 4 is 25.8 Å². The summed E-state index contributed by atoms with van der Waals surface area (Å²) in [6.07, 6.45) is 2.56. The topological polar surface area (TPSA) is 54.4 Å². The Balaban J connectivity index is 2.56. The van der Waals surface area contributed by atoms with Crippen LogP contribution in [0, 0.1) is 0 Å². The molecular formula is C10H11BrO3S. The lowest BCUT2D eigenvalue weighted by atomic mass is 10.1. The van der Waals surface area contributed by atoms with Crippen LogP contribution in [0.2, 0.25) is 0 Å². The van der Waals surface area contributed by atoms with E-state index in [0.29, 0.717) is 22.9 Å². The van der Waals surface area contributed by atoms with Gasteiger partial charge in [0.15, 0.2) is 9.84 Å². The van der Waals surface area contributed by atoms with E-state index in [9.17, 15) is 13.5 Å². The van der Waals surface area contributed by atoms with Crippen LogP contribution in [0.25, 0.3) is 0 Å². The lowest BCUT2D eigenvalue weighted by Gasteiger charge is -2.10. The van der Waals surface area contributed by atoms with Crippen molar-refractivity contribution in [2.75, 3.05) is 6.26 Å². The summed E-state index contributed by atoms with van der Waals surface area (Å²) < 4.78 is 23.4. The molecule has 1 aliphatic rings. The van der Waals surface area contributed by atoms with Crippen LogP contribution in [0.3, 0.4) is 0 Å². The maximum atomic E-state index is 11.4. The number of aliphatic hydroxyl groups is 1. The van der Waals surface area contributed by atoms with Crippen molar-refractivity contribution in [3.8, 4) is 0 Å². The highest BCUT2D eigenvalue weighted by molar-refractivity contribution is 9.10. The van der Waals surface area contributed by atoms with E-state index < -0.39 is 15.4 Å². The van der Waals surface area contributed by atoms with E-state index in [4.69, 9.17) is 0 Å². The molecule has 0 atom stereocenters. The van der Waals surface area contributed by atoms with Crippen molar-refractivity contribution in [3.05, 3.63) is 28.2 Å². The number of sulfone groups is 1. The van der Waals surface area contributed by atoms with Gasteiger partial charge in [0.25, 0.3) is 0 Å². The average molecular weight is 291 g/mol. The first-order valence-electron chi connectivity index (χ1n) is 4.55. The summed E-state index contributed by atoms with van der Waals surface area (Å²) in [6.45, 7) is 0. The van der Waals surface area contributed by atoms with Gasteiger partial charge in [-0.3, -0.25) is 0 Å². The predicted octanol–water partition coefficient (Wildman–Crippen LogP) is 1.83. The third kappa shape index (κ3) is 2.24. The molecule has 15 heavy (non-hydrogen) atoms. The van der Waals surface area contributed by atoms with E-state index in [1.807, 2.05) is 0 Å². The molecule has 1 saturated carbocycles. The Kier molecular flexibility index (Phi) is 2.44. The van der Waals surface area contributed by atoms with Crippen LogP contribution in [0.1, 0.15) is 18.4 Å². The molecule has 0 bridgehead atoms. The molecule has 0 radical (unpaired) electrons. The standard InChI is InChI=1S/C10H11BrO3S/c1-15(13,14)9-5-7(4-8(11)6-9)10(12)2-3-10/h4-6,12H,2-3H2,1H3. The van der Waals surface area contributed by atoms with Crippen LogP contribution in [-0.4, -0.2) is 19.8 Å². The van der Waals surface area contributed by atoms with Crippen molar-refractivity contribution < 1.29 is 13.5 Å². The van der Waals surface area contributed by atoms with Crippen LogP contribution in [0.5, 0.6) is 0 Å². The van der Waals surface area contributed by atoms with Gasteiger partial charge in [-0.25, -0.2) is 8.42 Å². The SMILES string of the molecule is CS(=O)(=O)c1cc(Br)cc(C2(O)CC2)c1. The van der Waals surface area contributed by atoms with Gasteiger partial charge in [-0.1, -0.05) is 15.9 Å². The quantitative estimate of drug-likeness (QED) is 0.904. The fraction of sp³-hybridized carbons (Fsp3) is 0.400. The zero-order valence-corrected chi connectivity index (χ0v) is 10.6. The van der Waals surface area contributed by atoms with Crippen LogP contribution in [-0.2, 0) is 15.4 Å². The maximum absolute atomic E-state index is 11.4. The molecule has 1 aromatic rings. The molecular weight excluding hydrogens is 280 g/mol. The Morgan fingerprint density at radius 3 is 2.40 bits per heavy atom. The monoisotopic (exact) mass is 290 g/mol. The molecule has 1 aliphatic carbocycles. The molecule has 0 saturated heterocycles. The van der Waals surface area contributed by atoms with E-state index in [2.05, 4.69) is 15.9 Å². The number of hydrogen-bond acceptors (Lipinski definition) is 3. The summed E-state index contributed by atoms with van der Waals surface area (Å²) >= 11 is 3.25. The Bertz CT molecular complexity index is 503. The summed E-state index contributed by atoms with van der Waals surface area (Å²) in [5, 5.41) is 9.90. The van der Waals surface area contributed by atoms with Gasteiger partial charge in [-0.2, -0.15) is 0 Å². The zero-order valence-electron chi connectivity index (χ0n) is 8.20. The second-order valence-electron chi connectivity index (χ2n) is 3.98. The first-order valence-corrected chi connectivity index (χ1v) is 7.23. The van der Waals surface area contributed by atoms with Crippen LogP contribution >= 0.6 is 15.9 Å². The predicted molar refractivity (Wildman–Crippen MR) is 60.4 cm³/mol. The summed E-state index contributed by atoms with van der Waals surface area (Å²) in [6, 6.07) is 4.86. The van der Waals surface area contributed by atoms with Gasteiger partial charge < -0.3 is 5.11 Å². The fourth-order valence-electron chi connectivity index (χ4n) is 1.45. The van der Waals surface area contributed by atoms with Gasteiger partial charge in [0, 0.05) is 10.7 Å². The molecule has 0 aromatic heterocycles. The molecule has 0 heterocycles. The molecule has 2 rings (SSSR count). The van der Waals surface area contributed by atoms with Gasteiger partial charge in [0.2, 0.25) is 0 Å². The first kappa shape index (κ1) is 11.1. The number of hydrogen-bond donors (Lipinski definition) is 1. The first-order chi connectivity index (χ1) is 6.81. The molecule has 0 spiro atoms. The molecule has 3 nitrogen and oxygen atoms in total. The minimum Gasteiger partial charge on any atom is -0.385 e. The zero-order chi connectivity index (χ0) is 11.3. The largest absolute Gasteiger partial charge is 0.385 e. The highest BCUT2D eigenvalue weighted by Gasteiger charge is 2.42. The Morgan fingerprint density at radius 2 is 1.93 bits per heavy atom. The summed E-state index contributed by atoms with van der Waals surface area (Å²) in [7, 11) is -3.22. The van der Waals surface area contributed by atoms with Crippen molar-refractivity contribution in [1.29, 1.82) is 0 Å². The number of benzene rings is 1.